The summed E-state index contributed by atoms with van der Waals surface area (Å²) in [5.41, 5.74) is -2.52. The normalized spacial score (nSPS) is 11.9. The van der Waals surface area contributed by atoms with Gasteiger partial charge in [-0.15, -0.1) is 0 Å². The molecule has 0 atom stereocenters. The highest BCUT2D eigenvalue weighted by molar-refractivity contribution is 5.89. The van der Waals surface area contributed by atoms with E-state index in [9.17, 15) is 22.8 Å². The first-order valence-electron chi connectivity index (χ1n) is 7.45. The van der Waals surface area contributed by atoms with Crippen molar-refractivity contribution in [2.24, 2.45) is 0 Å². The van der Waals surface area contributed by atoms with Crippen molar-refractivity contribution in [2.45, 2.75) is 12.6 Å². The summed E-state index contributed by atoms with van der Waals surface area (Å²) in [6, 6.07) is 7.18. The quantitative estimate of drug-likeness (QED) is 0.526. The van der Waals surface area contributed by atoms with Crippen LogP contribution in [0.1, 0.15) is 11.3 Å². The monoisotopic (exact) mass is 366 g/mol. The van der Waals surface area contributed by atoms with Crippen LogP contribution in [0.4, 0.5) is 13.2 Å². The van der Waals surface area contributed by atoms with Crippen molar-refractivity contribution in [3.8, 4) is 0 Å². The Morgan fingerprint density at radius 2 is 1.96 bits per heavy atom. The Morgan fingerprint density at radius 3 is 2.62 bits per heavy atom. The highest BCUT2D eigenvalue weighted by Crippen LogP contribution is 2.33. The van der Waals surface area contributed by atoms with E-state index in [1.54, 1.807) is 12.1 Å². The van der Waals surface area contributed by atoms with Crippen LogP contribution in [-0.4, -0.2) is 30.1 Å². The minimum absolute atomic E-state index is 0.125. The van der Waals surface area contributed by atoms with Crippen LogP contribution in [0.15, 0.2) is 39.5 Å². The number of alkyl halides is 3. The van der Waals surface area contributed by atoms with Crippen LogP contribution in [0.5, 0.6) is 0 Å². The van der Waals surface area contributed by atoms with E-state index in [0.29, 0.717) is 0 Å². The molecular weight excluding hydrogens is 353 g/mol. The van der Waals surface area contributed by atoms with Crippen LogP contribution < -0.4 is 5.43 Å². The Balaban J connectivity index is 2.28. The van der Waals surface area contributed by atoms with Gasteiger partial charge < -0.3 is 4.42 Å². The van der Waals surface area contributed by atoms with Gasteiger partial charge >= 0.3 is 6.18 Å². The average molecular weight is 366 g/mol. The van der Waals surface area contributed by atoms with Crippen molar-refractivity contribution in [2.75, 3.05) is 14.2 Å². The second kappa shape index (κ2) is 6.41. The first-order valence-corrected chi connectivity index (χ1v) is 7.45. The standard InChI is InChI=1S/C17H13F3N2O4/c1-22(25-2)13(23)8-9-7-11-14(24)10-5-3-4-6-12(10)26-16(11)21-15(9)17(18,19)20/h3-7H,8H2,1-2H3. The molecule has 0 fully saturated rings. The molecule has 0 radical (unpaired) electrons. The number of hydroxylamine groups is 2. The third-order valence-electron chi connectivity index (χ3n) is 3.88. The van der Waals surface area contributed by atoms with Crippen molar-refractivity contribution in [1.82, 2.24) is 10.0 Å². The zero-order chi connectivity index (χ0) is 19.1. The largest absolute Gasteiger partial charge is 0.437 e. The molecule has 0 aliphatic carbocycles. The van der Waals surface area contributed by atoms with Gasteiger partial charge in [0.15, 0.2) is 5.69 Å². The van der Waals surface area contributed by atoms with E-state index < -0.39 is 40.9 Å². The molecule has 1 amide bonds. The van der Waals surface area contributed by atoms with Gasteiger partial charge in [-0.05, 0) is 23.8 Å². The molecule has 6 nitrogen and oxygen atoms in total. The first-order chi connectivity index (χ1) is 12.2. The van der Waals surface area contributed by atoms with Crippen LogP contribution in [0.2, 0.25) is 0 Å². The van der Waals surface area contributed by atoms with E-state index in [2.05, 4.69) is 9.82 Å². The minimum Gasteiger partial charge on any atom is -0.437 e. The molecule has 3 rings (SSSR count). The average Bonchev–Trinajstić information content (AvgIpc) is 2.60. The molecule has 0 aliphatic rings. The van der Waals surface area contributed by atoms with E-state index in [0.717, 1.165) is 11.1 Å². The molecule has 0 saturated carbocycles. The van der Waals surface area contributed by atoms with Gasteiger partial charge in [0.05, 0.1) is 24.3 Å². The highest BCUT2D eigenvalue weighted by Gasteiger charge is 2.37. The fourth-order valence-corrected chi connectivity index (χ4v) is 2.53. The zero-order valence-electron chi connectivity index (χ0n) is 13.8. The number of rotatable bonds is 3. The number of fused-ring (bicyclic) bond motifs is 2. The lowest BCUT2D eigenvalue weighted by Crippen LogP contribution is -2.28. The molecule has 1 aromatic carbocycles. The lowest BCUT2D eigenvalue weighted by atomic mass is 10.1. The number of amides is 1. The number of carbonyl (C=O) groups is 1. The van der Waals surface area contributed by atoms with E-state index in [1.165, 1.54) is 26.3 Å². The summed E-state index contributed by atoms with van der Waals surface area (Å²) in [7, 11) is 2.48. The number of benzene rings is 1. The lowest BCUT2D eigenvalue weighted by molar-refractivity contribution is -0.168. The second-order valence-corrected chi connectivity index (χ2v) is 5.52. The number of hydrogen-bond donors (Lipinski definition) is 0. The van der Waals surface area contributed by atoms with E-state index in [-0.39, 0.29) is 16.4 Å². The predicted octanol–water partition coefficient (Wildman–Crippen LogP) is 2.92. The third-order valence-corrected chi connectivity index (χ3v) is 3.88. The summed E-state index contributed by atoms with van der Waals surface area (Å²) in [6.45, 7) is 0. The number of hydrogen-bond acceptors (Lipinski definition) is 5. The number of aromatic nitrogens is 1. The van der Waals surface area contributed by atoms with Crippen LogP contribution in [0, 0.1) is 0 Å². The van der Waals surface area contributed by atoms with Gasteiger partial charge in [-0.25, -0.2) is 10.0 Å². The summed E-state index contributed by atoms with van der Waals surface area (Å²) in [6.07, 6.45) is -5.45. The second-order valence-electron chi connectivity index (χ2n) is 5.52. The SMILES string of the molecule is CON(C)C(=O)Cc1cc2c(=O)c3ccccc3oc2nc1C(F)(F)F. The molecule has 0 N–H and O–H groups in total. The van der Waals surface area contributed by atoms with Crippen molar-refractivity contribution in [3.05, 3.63) is 51.8 Å². The summed E-state index contributed by atoms with van der Waals surface area (Å²) in [5.74, 6) is -0.718. The highest BCUT2D eigenvalue weighted by atomic mass is 19.4. The van der Waals surface area contributed by atoms with Gasteiger partial charge in [-0.3, -0.25) is 14.4 Å². The van der Waals surface area contributed by atoms with Crippen molar-refractivity contribution >= 4 is 28.0 Å². The van der Waals surface area contributed by atoms with Gasteiger partial charge in [0.1, 0.15) is 5.58 Å². The number of para-hydroxylation sites is 1. The molecule has 3 aromatic rings. The lowest BCUT2D eigenvalue weighted by Gasteiger charge is -2.16. The van der Waals surface area contributed by atoms with E-state index >= 15 is 0 Å². The molecule has 2 aromatic heterocycles. The summed E-state index contributed by atoms with van der Waals surface area (Å²) in [5, 5.41) is 0.889. The smallest absolute Gasteiger partial charge is 0.433 e. The third kappa shape index (κ3) is 3.13. The summed E-state index contributed by atoms with van der Waals surface area (Å²) < 4.78 is 45.5. The molecule has 0 saturated heterocycles. The Labute approximate surface area is 144 Å². The summed E-state index contributed by atoms with van der Waals surface area (Å²) in [4.78, 5) is 32.7. The Kier molecular flexibility index (Phi) is 4.41. The van der Waals surface area contributed by atoms with Gasteiger partial charge in [0.25, 0.3) is 0 Å². The molecule has 2 heterocycles. The topological polar surface area (TPSA) is 72.6 Å². The maximum atomic E-state index is 13.4. The number of nitrogens with zero attached hydrogens (tertiary/aromatic N) is 2. The predicted molar refractivity (Wildman–Crippen MR) is 86.3 cm³/mol. The first kappa shape index (κ1) is 17.9. The number of pyridine rings is 1. The number of carbonyl (C=O) groups excluding carboxylic acids is 1. The van der Waals surface area contributed by atoms with E-state index in [1.807, 2.05) is 0 Å². The molecule has 0 unspecified atom stereocenters. The van der Waals surface area contributed by atoms with Gasteiger partial charge in [0.2, 0.25) is 17.0 Å². The zero-order valence-corrected chi connectivity index (χ0v) is 13.8. The van der Waals surface area contributed by atoms with Crippen LogP contribution in [-0.2, 0) is 22.2 Å². The fourth-order valence-electron chi connectivity index (χ4n) is 2.53. The maximum Gasteiger partial charge on any atom is 0.433 e. The Morgan fingerprint density at radius 1 is 1.27 bits per heavy atom. The maximum absolute atomic E-state index is 13.4. The van der Waals surface area contributed by atoms with E-state index in [4.69, 9.17) is 4.42 Å². The molecular formula is C17H13F3N2O4. The van der Waals surface area contributed by atoms with Gasteiger partial charge in [-0.1, -0.05) is 12.1 Å². The number of halogens is 3. The number of likely N-dealkylation sites (N-methyl/N-ethyl adjacent to an activating group) is 1. The molecule has 136 valence electrons. The minimum atomic E-state index is -4.82. The summed E-state index contributed by atoms with van der Waals surface area (Å²) >= 11 is 0. The molecule has 0 aliphatic heterocycles. The van der Waals surface area contributed by atoms with Gasteiger partial charge in [0, 0.05) is 7.05 Å². The molecule has 26 heavy (non-hydrogen) atoms. The van der Waals surface area contributed by atoms with Crippen molar-refractivity contribution < 1.29 is 27.2 Å². The Bertz CT molecular complexity index is 1060. The van der Waals surface area contributed by atoms with Crippen LogP contribution >= 0.6 is 0 Å². The van der Waals surface area contributed by atoms with Crippen LogP contribution in [0.3, 0.4) is 0 Å². The van der Waals surface area contributed by atoms with Gasteiger partial charge in [-0.2, -0.15) is 13.2 Å². The molecule has 0 bridgehead atoms. The van der Waals surface area contributed by atoms with Crippen molar-refractivity contribution in [1.29, 1.82) is 0 Å². The van der Waals surface area contributed by atoms with Crippen molar-refractivity contribution in [3.63, 3.8) is 0 Å². The molecule has 0 spiro atoms. The van der Waals surface area contributed by atoms with Crippen LogP contribution in [0.25, 0.3) is 22.1 Å². The fraction of sp³-hybridized carbons (Fsp3) is 0.235. The molecule has 9 heteroatoms. The Hall–Kier alpha value is -2.94.